The fourth-order valence-corrected chi connectivity index (χ4v) is 4.96. The first-order chi connectivity index (χ1) is 8.27. The maximum atomic E-state index is 5.62. The minimum Gasteiger partial charge on any atom is -0.324 e. The topological polar surface area (TPSA) is 56.7 Å². The van der Waals surface area contributed by atoms with Crippen molar-refractivity contribution in [3.8, 4) is 0 Å². The third-order valence-electron chi connectivity index (χ3n) is 5.21. The third-order valence-corrected chi connectivity index (χ3v) is 5.21. The lowest BCUT2D eigenvalue weighted by Crippen LogP contribution is -2.52. The summed E-state index contributed by atoms with van der Waals surface area (Å²) in [5.74, 6) is 3.64. The van der Waals surface area contributed by atoms with Gasteiger partial charge in [0.05, 0.1) is 12.1 Å². The van der Waals surface area contributed by atoms with E-state index in [1.54, 1.807) is 0 Å². The molecule has 1 aromatic heterocycles. The van der Waals surface area contributed by atoms with Crippen LogP contribution in [0.3, 0.4) is 0 Å². The average Bonchev–Trinajstić information content (AvgIpc) is 2.76. The van der Waals surface area contributed by atoms with E-state index in [-0.39, 0.29) is 0 Å². The quantitative estimate of drug-likeness (QED) is 0.843. The van der Waals surface area contributed by atoms with Gasteiger partial charge in [0.1, 0.15) is 6.33 Å². The summed E-state index contributed by atoms with van der Waals surface area (Å²) < 4.78 is 2.17. The van der Waals surface area contributed by atoms with E-state index < -0.39 is 0 Å². The number of hydrogen-bond acceptors (Lipinski definition) is 3. The minimum atomic E-state index is 0.301. The lowest BCUT2D eigenvalue weighted by molar-refractivity contribution is -0.0497. The van der Waals surface area contributed by atoms with Crippen molar-refractivity contribution in [1.82, 2.24) is 14.8 Å². The van der Waals surface area contributed by atoms with Crippen LogP contribution in [0.5, 0.6) is 0 Å². The molecule has 0 atom stereocenters. The van der Waals surface area contributed by atoms with E-state index in [0.29, 0.717) is 12.1 Å². The van der Waals surface area contributed by atoms with Crippen LogP contribution in [0.25, 0.3) is 0 Å². The number of hydrogen-bond donors (Lipinski definition) is 1. The summed E-state index contributed by atoms with van der Waals surface area (Å²) in [4.78, 5) is 4.32. The van der Waals surface area contributed by atoms with Crippen LogP contribution in [0, 0.1) is 17.8 Å². The Morgan fingerprint density at radius 2 is 1.76 bits per heavy atom. The van der Waals surface area contributed by atoms with Crippen LogP contribution >= 0.6 is 0 Å². The smallest absolute Gasteiger partial charge is 0.164 e. The summed E-state index contributed by atoms with van der Waals surface area (Å²) in [5.41, 5.74) is 5.92. The first kappa shape index (κ1) is 10.1. The summed E-state index contributed by atoms with van der Waals surface area (Å²) in [5, 5.41) is 4.60. The monoisotopic (exact) mass is 232 g/mol. The molecule has 4 saturated carbocycles. The standard InChI is InChI=1S/C13H20N4/c14-7-12-15-8-17(16-12)13-4-9-1-10(5-13)3-11(2-9)6-13/h8-11H,1-7,14H2. The van der Waals surface area contributed by atoms with E-state index in [1.165, 1.54) is 38.5 Å². The van der Waals surface area contributed by atoms with Gasteiger partial charge in [-0.3, -0.25) is 0 Å². The van der Waals surface area contributed by atoms with E-state index in [4.69, 9.17) is 5.73 Å². The molecule has 0 saturated heterocycles. The Morgan fingerprint density at radius 3 is 2.24 bits per heavy atom. The maximum absolute atomic E-state index is 5.62. The summed E-state index contributed by atoms with van der Waals surface area (Å²) in [7, 11) is 0. The van der Waals surface area contributed by atoms with Crippen molar-refractivity contribution in [1.29, 1.82) is 0 Å². The fraction of sp³-hybridized carbons (Fsp3) is 0.846. The van der Waals surface area contributed by atoms with Gasteiger partial charge in [0.15, 0.2) is 5.82 Å². The summed E-state index contributed by atoms with van der Waals surface area (Å²) in [6.45, 7) is 0.458. The van der Waals surface area contributed by atoms with Gasteiger partial charge in [-0.15, -0.1) is 0 Å². The Balaban J connectivity index is 1.72. The number of rotatable bonds is 2. The Bertz CT molecular complexity index is 401. The van der Waals surface area contributed by atoms with Gasteiger partial charge < -0.3 is 5.73 Å². The summed E-state index contributed by atoms with van der Waals surface area (Å²) in [6.07, 6.45) is 10.3. The van der Waals surface area contributed by atoms with Crippen molar-refractivity contribution in [3.63, 3.8) is 0 Å². The zero-order chi connectivity index (χ0) is 11.5. The van der Waals surface area contributed by atoms with Crippen molar-refractivity contribution < 1.29 is 0 Å². The maximum Gasteiger partial charge on any atom is 0.164 e. The first-order valence-electron chi connectivity index (χ1n) is 6.88. The molecule has 0 radical (unpaired) electrons. The zero-order valence-electron chi connectivity index (χ0n) is 10.2. The van der Waals surface area contributed by atoms with E-state index in [9.17, 15) is 0 Å². The first-order valence-corrected chi connectivity index (χ1v) is 6.88. The van der Waals surface area contributed by atoms with Gasteiger partial charge in [-0.25, -0.2) is 9.67 Å². The Labute approximate surface area is 102 Å². The molecule has 17 heavy (non-hydrogen) atoms. The average molecular weight is 232 g/mol. The number of nitrogens with zero attached hydrogens (tertiary/aromatic N) is 3. The van der Waals surface area contributed by atoms with E-state index >= 15 is 0 Å². The van der Waals surface area contributed by atoms with Gasteiger partial charge >= 0.3 is 0 Å². The molecule has 4 aliphatic rings. The molecule has 4 nitrogen and oxygen atoms in total. The van der Waals surface area contributed by atoms with E-state index in [0.717, 1.165) is 23.6 Å². The van der Waals surface area contributed by atoms with Gasteiger partial charge in [-0.05, 0) is 56.3 Å². The second-order valence-corrected chi connectivity index (χ2v) is 6.45. The lowest BCUT2D eigenvalue weighted by atomic mass is 9.53. The largest absolute Gasteiger partial charge is 0.324 e. The highest BCUT2D eigenvalue weighted by atomic mass is 15.4. The van der Waals surface area contributed by atoms with Crippen molar-refractivity contribution in [3.05, 3.63) is 12.2 Å². The summed E-state index contributed by atoms with van der Waals surface area (Å²) >= 11 is 0. The van der Waals surface area contributed by atoms with Gasteiger partial charge in [0.25, 0.3) is 0 Å². The molecule has 0 spiro atoms. The Kier molecular flexibility index (Phi) is 1.96. The molecule has 4 bridgehead atoms. The molecule has 0 aromatic carbocycles. The molecule has 0 amide bonds. The van der Waals surface area contributed by atoms with Crippen LogP contribution in [-0.2, 0) is 12.1 Å². The van der Waals surface area contributed by atoms with Crippen LogP contribution < -0.4 is 5.73 Å². The molecular formula is C13H20N4. The van der Waals surface area contributed by atoms with Crippen LogP contribution in [0.4, 0.5) is 0 Å². The Hall–Kier alpha value is -0.900. The minimum absolute atomic E-state index is 0.301. The predicted octanol–water partition coefficient (Wildman–Crippen LogP) is 1.66. The van der Waals surface area contributed by atoms with Gasteiger partial charge in [0.2, 0.25) is 0 Å². The molecule has 5 rings (SSSR count). The second-order valence-electron chi connectivity index (χ2n) is 6.45. The fourth-order valence-electron chi connectivity index (χ4n) is 4.96. The van der Waals surface area contributed by atoms with E-state index in [2.05, 4.69) is 14.8 Å². The van der Waals surface area contributed by atoms with Crippen molar-refractivity contribution in [2.24, 2.45) is 23.5 Å². The summed E-state index contributed by atoms with van der Waals surface area (Å²) in [6, 6.07) is 0. The Morgan fingerprint density at radius 1 is 1.18 bits per heavy atom. The van der Waals surface area contributed by atoms with Crippen molar-refractivity contribution in [2.75, 3.05) is 0 Å². The van der Waals surface area contributed by atoms with E-state index in [1.807, 2.05) is 6.33 Å². The molecule has 4 fully saturated rings. The van der Waals surface area contributed by atoms with Crippen LogP contribution in [0.15, 0.2) is 6.33 Å². The SMILES string of the molecule is NCc1ncn(C23CC4CC(CC(C4)C2)C3)n1. The predicted molar refractivity (Wildman–Crippen MR) is 64.1 cm³/mol. The molecule has 1 aromatic rings. The molecule has 0 unspecified atom stereocenters. The number of aromatic nitrogens is 3. The molecule has 1 heterocycles. The third kappa shape index (κ3) is 1.39. The van der Waals surface area contributed by atoms with Crippen LogP contribution in [0.1, 0.15) is 44.3 Å². The van der Waals surface area contributed by atoms with Crippen molar-refractivity contribution in [2.45, 2.75) is 50.6 Å². The zero-order valence-corrected chi connectivity index (χ0v) is 10.2. The molecule has 2 N–H and O–H groups in total. The highest BCUT2D eigenvalue weighted by Gasteiger charge is 2.52. The highest BCUT2D eigenvalue weighted by molar-refractivity contribution is 5.05. The molecule has 0 aliphatic heterocycles. The van der Waals surface area contributed by atoms with Crippen LogP contribution in [-0.4, -0.2) is 14.8 Å². The van der Waals surface area contributed by atoms with Crippen LogP contribution in [0.2, 0.25) is 0 Å². The molecule has 4 heteroatoms. The normalized spacial score (nSPS) is 43.2. The van der Waals surface area contributed by atoms with Gasteiger partial charge in [-0.1, -0.05) is 0 Å². The second kappa shape index (κ2) is 3.31. The highest BCUT2D eigenvalue weighted by Crippen LogP contribution is 2.58. The van der Waals surface area contributed by atoms with Crippen molar-refractivity contribution >= 4 is 0 Å². The number of nitrogens with two attached hydrogens (primary N) is 1. The van der Waals surface area contributed by atoms with Gasteiger partial charge in [0, 0.05) is 0 Å². The molecular weight excluding hydrogens is 212 g/mol. The molecule has 4 aliphatic carbocycles. The lowest BCUT2D eigenvalue weighted by Gasteiger charge is -2.56. The molecule has 92 valence electrons. The van der Waals surface area contributed by atoms with Gasteiger partial charge in [-0.2, -0.15) is 5.10 Å².